The van der Waals surface area contributed by atoms with Gasteiger partial charge < -0.3 is 15.4 Å². The van der Waals surface area contributed by atoms with Crippen molar-refractivity contribution in [2.45, 2.75) is 32.2 Å². The van der Waals surface area contributed by atoms with Gasteiger partial charge >= 0.3 is 0 Å². The summed E-state index contributed by atoms with van der Waals surface area (Å²) in [6, 6.07) is 0. The fourth-order valence-corrected chi connectivity index (χ4v) is 1.85. The smallest absolute Gasteiger partial charge is 0.224 e. The number of rotatable bonds is 4. The molecule has 15 heavy (non-hydrogen) atoms. The maximum atomic E-state index is 11.8. The quantitative estimate of drug-likeness (QED) is 0.717. The highest BCUT2D eigenvalue weighted by molar-refractivity contribution is 5.79. The van der Waals surface area contributed by atoms with Crippen molar-refractivity contribution in [1.82, 2.24) is 10.6 Å². The molecule has 2 atom stereocenters. The van der Waals surface area contributed by atoms with E-state index in [1.165, 1.54) is 0 Å². The molecule has 2 N–H and O–H groups in total. The second-order valence-electron chi connectivity index (χ2n) is 4.66. The van der Waals surface area contributed by atoms with Crippen molar-refractivity contribution >= 4 is 5.91 Å². The average molecular weight is 214 g/mol. The minimum Gasteiger partial charge on any atom is -0.379 e. The van der Waals surface area contributed by atoms with E-state index in [1.54, 1.807) is 0 Å². The molecule has 4 heteroatoms. The van der Waals surface area contributed by atoms with Crippen LogP contribution in [0, 0.1) is 5.92 Å². The van der Waals surface area contributed by atoms with Crippen LogP contribution in [0.5, 0.6) is 0 Å². The first kappa shape index (κ1) is 12.5. The first-order chi connectivity index (χ1) is 7.07. The summed E-state index contributed by atoms with van der Waals surface area (Å²) in [5.41, 5.74) is -0.169. The van der Waals surface area contributed by atoms with E-state index in [0.29, 0.717) is 13.2 Å². The van der Waals surface area contributed by atoms with E-state index in [0.717, 1.165) is 19.4 Å². The van der Waals surface area contributed by atoms with Crippen molar-refractivity contribution in [3.63, 3.8) is 0 Å². The number of nitrogens with one attached hydrogen (secondary N) is 2. The minimum absolute atomic E-state index is 0.00810. The molecule has 0 aromatic heterocycles. The molecule has 0 spiro atoms. The summed E-state index contributed by atoms with van der Waals surface area (Å²) in [4.78, 5) is 11.8. The van der Waals surface area contributed by atoms with E-state index in [1.807, 2.05) is 14.0 Å². The van der Waals surface area contributed by atoms with Crippen LogP contribution in [0.2, 0.25) is 0 Å². The highest BCUT2D eigenvalue weighted by atomic mass is 16.5. The predicted octanol–water partition coefficient (Wildman–Crippen LogP) is 0.527. The molecular formula is C11H22N2O2. The lowest BCUT2D eigenvalue weighted by Crippen LogP contribution is -2.53. The van der Waals surface area contributed by atoms with Crippen LogP contribution >= 0.6 is 0 Å². The van der Waals surface area contributed by atoms with Gasteiger partial charge in [0.1, 0.15) is 0 Å². The van der Waals surface area contributed by atoms with Crippen LogP contribution < -0.4 is 10.6 Å². The van der Waals surface area contributed by atoms with Gasteiger partial charge in [0.15, 0.2) is 0 Å². The third-order valence-corrected chi connectivity index (χ3v) is 2.82. The van der Waals surface area contributed by atoms with E-state index < -0.39 is 0 Å². The zero-order valence-electron chi connectivity index (χ0n) is 9.93. The topological polar surface area (TPSA) is 50.4 Å². The molecule has 0 bridgehead atoms. The molecule has 1 aliphatic rings. The molecule has 88 valence electrons. The molecule has 1 amide bonds. The van der Waals surface area contributed by atoms with Gasteiger partial charge in [-0.1, -0.05) is 6.92 Å². The largest absolute Gasteiger partial charge is 0.379 e. The molecule has 2 unspecified atom stereocenters. The van der Waals surface area contributed by atoms with Crippen LogP contribution in [0.3, 0.4) is 0 Å². The lowest BCUT2D eigenvalue weighted by Gasteiger charge is -2.35. The molecule has 1 fully saturated rings. The number of amides is 1. The van der Waals surface area contributed by atoms with Gasteiger partial charge in [-0.3, -0.25) is 4.79 Å². The molecule has 4 nitrogen and oxygen atoms in total. The van der Waals surface area contributed by atoms with Crippen molar-refractivity contribution in [3.05, 3.63) is 0 Å². The van der Waals surface area contributed by atoms with Gasteiger partial charge in [-0.15, -0.1) is 0 Å². The second-order valence-corrected chi connectivity index (χ2v) is 4.66. The van der Waals surface area contributed by atoms with Crippen LogP contribution in [0.4, 0.5) is 0 Å². The fraction of sp³-hybridized carbons (Fsp3) is 0.909. The van der Waals surface area contributed by atoms with Crippen molar-refractivity contribution in [1.29, 1.82) is 0 Å². The van der Waals surface area contributed by atoms with Gasteiger partial charge in [-0.25, -0.2) is 0 Å². The Hall–Kier alpha value is -0.610. The number of hydrogen-bond donors (Lipinski definition) is 2. The summed E-state index contributed by atoms with van der Waals surface area (Å²) < 4.78 is 5.40. The lowest BCUT2D eigenvalue weighted by atomic mass is 9.94. The Morgan fingerprint density at radius 1 is 1.60 bits per heavy atom. The summed E-state index contributed by atoms with van der Waals surface area (Å²) in [5, 5.41) is 6.08. The van der Waals surface area contributed by atoms with E-state index in [2.05, 4.69) is 17.6 Å². The second kappa shape index (κ2) is 5.47. The van der Waals surface area contributed by atoms with Gasteiger partial charge in [0.05, 0.1) is 12.1 Å². The highest BCUT2D eigenvalue weighted by Gasteiger charge is 2.30. The van der Waals surface area contributed by atoms with Gasteiger partial charge in [0.2, 0.25) is 5.91 Å². The molecule has 1 aliphatic heterocycles. The van der Waals surface area contributed by atoms with Gasteiger partial charge in [-0.2, -0.15) is 0 Å². The summed E-state index contributed by atoms with van der Waals surface area (Å²) in [6.07, 6.45) is 2.03. The Labute approximate surface area is 91.8 Å². The number of ether oxygens (including phenoxy) is 1. The molecule has 0 radical (unpaired) electrons. The van der Waals surface area contributed by atoms with Crippen molar-refractivity contribution < 1.29 is 9.53 Å². The number of hydrogen-bond acceptors (Lipinski definition) is 3. The zero-order chi connectivity index (χ0) is 11.3. The average Bonchev–Trinajstić information content (AvgIpc) is 2.18. The molecule has 1 saturated heterocycles. The van der Waals surface area contributed by atoms with E-state index in [9.17, 15) is 4.79 Å². The summed E-state index contributed by atoms with van der Waals surface area (Å²) in [6.45, 7) is 6.14. The Bertz CT molecular complexity index is 213. The Balaban J connectivity index is 2.41. The van der Waals surface area contributed by atoms with Crippen LogP contribution in [0.1, 0.15) is 26.7 Å². The van der Waals surface area contributed by atoms with Crippen molar-refractivity contribution in [3.8, 4) is 0 Å². The molecule has 0 saturated carbocycles. The van der Waals surface area contributed by atoms with Crippen molar-refractivity contribution in [2.75, 3.05) is 26.8 Å². The summed E-state index contributed by atoms with van der Waals surface area (Å²) >= 11 is 0. The van der Waals surface area contributed by atoms with Gasteiger partial charge in [-0.05, 0) is 26.8 Å². The third kappa shape index (κ3) is 3.80. The normalized spacial score (nSPS) is 28.5. The van der Waals surface area contributed by atoms with Gasteiger partial charge in [0, 0.05) is 19.1 Å². The first-order valence-electron chi connectivity index (χ1n) is 5.62. The maximum Gasteiger partial charge on any atom is 0.224 e. The molecule has 1 heterocycles. The van der Waals surface area contributed by atoms with E-state index >= 15 is 0 Å². The highest BCUT2D eigenvalue weighted by Crippen LogP contribution is 2.18. The monoisotopic (exact) mass is 214 g/mol. The van der Waals surface area contributed by atoms with Gasteiger partial charge in [0.25, 0.3) is 0 Å². The standard InChI is InChI=1S/C11H22N2O2/c1-9(7-12-3)10(14)13-11(2)5-4-6-15-8-11/h9,12H,4-8H2,1-3H3,(H,13,14). The van der Waals surface area contributed by atoms with E-state index in [-0.39, 0.29) is 17.4 Å². The van der Waals surface area contributed by atoms with Crippen LogP contribution in [-0.4, -0.2) is 38.3 Å². The maximum absolute atomic E-state index is 11.8. The van der Waals surface area contributed by atoms with E-state index in [4.69, 9.17) is 4.74 Å². The number of carbonyl (C=O) groups excluding carboxylic acids is 1. The Kier molecular flexibility index (Phi) is 4.54. The molecular weight excluding hydrogens is 192 g/mol. The molecule has 0 aromatic carbocycles. The first-order valence-corrected chi connectivity index (χ1v) is 5.62. The predicted molar refractivity (Wildman–Crippen MR) is 59.7 cm³/mol. The van der Waals surface area contributed by atoms with Crippen molar-refractivity contribution in [2.24, 2.45) is 5.92 Å². The number of carbonyl (C=O) groups is 1. The third-order valence-electron chi connectivity index (χ3n) is 2.82. The summed E-state index contributed by atoms with van der Waals surface area (Å²) in [7, 11) is 1.86. The van der Waals surface area contributed by atoms with Crippen LogP contribution in [0.25, 0.3) is 0 Å². The SMILES string of the molecule is CNCC(C)C(=O)NC1(C)CCCOC1. The zero-order valence-corrected chi connectivity index (χ0v) is 9.93. The molecule has 0 aromatic rings. The Morgan fingerprint density at radius 2 is 2.33 bits per heavy atom. The molecule has 1 rings (SSSR count). The Morgan fingerprint density at radius 3 is 2.87 bits per heavy atom. The fourth-order valence-electron chi connectivity index (χ4n) is 1.85. The minimum atomic E-state index is -0.169. The molecule has 0 aliphatic carbocycles. The lowest BCUT2D eigenvalue weighted by molar-refractivity contribution is -0.128. The van der Waals surface area contributed by atoms with Crippen LogP contribution in [-0.2, 0) is 9.53 Å². The summed E-state index contributed by atoms with van der Waals surface area (Å²) in [5.74, 6) is 0.117. The van der Waals surface area contributed by atoms with Crippen LogP contribution in [0.15, 0.2) is 0 Å².